The summed E-state index contributed by atoms with van der Waals surface area (Å²) in [5, 5.41) is 12.0. The largest absolute Gasteiger partial charge is 0.416 e. The molecule has 0 unspecified atom stereocenters. The summed E-state index contributed by atoms with van der Waals surface area (Å²) in [4.78, 5) is 19.3. The second-order valence-electron chi connectivity index (χ2n) is 6.97. The first-order valence-electron chi connectivity index (χ1n) is 9.35. The number of anilines is 1. The molecule has 156 valence electrons. The van der Waals surface area contributed by atoms with Crippen LogP contribution < -0.4 is 5.32 Å². The molecule has 5 nitrogen and oxygen atoms in total. The first-order chi connectivity index (χ1) is 14.3. The number of hydrogen-bond acceptors (Lipinski definition) is 5. The SMILES string of the molecule is C#CCN1CCCC[C@@H]1C(=O)Nc1ncc(Cc2ccc(C#N)cc2C(F)(F)F)s1. The number of nitrogens with one attached hydrogen (secondary N) is 1. The highest BCUT2D eigenvalue weighted by Crippen LogP contribution is 2.34. The van der Waals surface area contributed by atoms with Crippen LogP contribution in [0.3, 0.4) is 0 Å². The molecule has 1 amide bonds. The van der Waals surface area contributed by atoms with Gasteiger partial charge in [0.15, 0.2) is 5.13 Å². The maximum atomic E-state index is 13.4. The zero-order valence-electron chi connectivity index (χ0n) is 16.0. The Labute approximate surface area is 176 Å². The van der Waals surface area contributed by atoms with Gasteiger partial charge in [-0.25, -0.2) is 4.98 Å². The van der Waals surface area contributed by atoms with Gasteiger partial charge < -0.3 is 5.32 Å². The summed E-state index contributed by atoms with van der Waals surface area (Å²) in [6, 6.07) is 4.90. The molecule has 30 heavy (non-hydrogen) atoms. The summed E-state index contributed by atoms with van der Waals surface area (Å²) < 4.78 is 40.1. The molecule has 1 saturated heterocycles. The zero-order valence-corrected chi connectivity index (χ0v) is 16.8. The lowest BCUT2D eigenvalue weighted by Crippen LogP contribution is -2.47. The van der Waals surface area contributed by atoms with Gasteiger partial charge in [-0.1, -0.05) is 18.4 Å². The van der Waals surface area contributed by atoms with Crippen LogP contribution in [0.25, 0.3) is 0 Å². The fourth-order valence-corrected chi connectivity index (χ4v) is 4.32. The second kappa shape index (κ2) is 9.29. The number of nitriles is 1. The van der Waals surface area contributed by atoms with E-state index in [-0.39, 0.29) is 29.5 Å². The Morgan fingerprint density at radius 2 is 2.20 bits per heavy atom. The third kappa shape index (κ3) is 5.18. The smallest absolute Gasteiger partial charge is 0.301 e. The first-order valence-corrected chi connectivity index (χ1v) is 10.2. The maximum Gasteiger partial charge on any atom is 0.416 e. The van der Waals surface area contributed by atoms with Crippen molar-refractivity contribution in [2.24, 2.45) is 0 Å². The van der Waals surface area contributed by atoms with Crippen molar-refractivity contribution in [3.63, 3.8) is 0 Å². The summed E-state index contributed by atoms with van der Waals surface area (Å²) >= 11 is 1.13. The molecule has 1 atom stereocenters. The standard InChI is InChI=1S/C21H19F3N4OS/c1-2-8-28-9-4-3-5-18(28)19(29)27-20-26-13-16(30-20)11-15-7-6-14(12-25)10-17(15)21(22,23)24/h1,6-7,10,13,18H,3-5,8-9,11H2,(H,26,27,29)/t18-/m1/s1. The molecular formula is C21H19F3N4OS. The van der Waals surface area contributed by atoms with E-state index in [1.165, 1.54) is 18.3 Å². The van der Waals surface area contributed by atoms with E-state index in [1.807, 2.05) is 4.90 Å². The van der Waals surface area contributed by atoms with Crippen LogP contribution in [0.1, 0.15) is 40.8 Å². The molecule has 1 aliphatic rings. The number of hydrogen-bond donors (Lipinski definition) is 1. The van der Waals surface area contributed by atoms with Crippen LogP contribution in [0.4, 0.5) is 18.3 Å². The van der Waals surface area contributed by atoms with Gasteiger partial charge in [-0.2, -0.15) is 18.4 Å². The topological polar surface area (TPSA) is 69.0 Å². The molecule has 0 radical (unpaired) electrons. The van der Waals surface area contributed by atoms with Crippen LogP contribution in [-0.2, 0) is 17.4 Å². The summed E-state index contributed by atoms with van der Waals surface area (Å²) in [5.41, 5.74) is -0.837. The van der Waals surface area contributed by atoms with Crippen molar-refractivity contribution in [2.45, 2.75) is 37.9 Å². The molecule has 3 rings (SSSR count). The number of aromatic nitrogens is 1. The molecule has 0 saturated carbocycles. The number of thiazole rings is 1. The summed E-state index contributed by atoms with van der Waals surface area (Å²) in [5.74, 6) is 2.36. The fourth-order valence-electron chi connectivity index (χ4n) is 3.48. The lowest BCUT2D eigenvalue weighted by molar-refractivity contribution is -0.138. The monoisotopic (exact) mass is 432 g/mol. The van der Waals surface area contributed by atoms with Crippen LogP contribution in [-0.4, -0.2) is 34.9 Å². The number of halogens is 3. The normalized spacial score (nSPS) is 17.2. The third-order valence-electron chi connectivity index (χ3n) is 4.90. The van der Waals surface area contributed by atoms with Gasteiger partial charge in [0.25, 0.3) is 0 Å². The Bertz CT molecular complexity index is 1000. The Balaban J connectivity index is 1.72. The van der Waals surface area contributed by atoms with Crippen LogP contribution in [0, 0.1) is 23.7 Å². The lowest BCUT2D eigenvalue weighted by atomic mass is 10.0. The van der Waals surface area contributed by atoms with E-state index >= 15 is 0 Å². The highest BCUT2D eigenvalue weighted by atomic mass is 32.1. The van der Waals surface area contributed by atoms with E-state index in [4.69, 9.17) is 11.7 Å². The molecule has 0 bridgehead atoms. The van der Waals surface area contributed by atoms with Crippen molar-refractivity contribution in [3.8, 4) is 18.4 Å². The van der Waals surface area contributed by atoms with E-state index in [2.05, 4.69) is 16.2 Å². The van der Waals surface area contributed by atoms with Gasteiger partial charge in [0, 0.05) is 17.5 Å². The minimum absolute atomic E-state index is 0.000730. The highest BCUT2D eigenvalue weighted by molar-refractivity contribution is 7.15. The summed E-state index contributed by atoms with van der Waals surface area (Å²) in [7, 11) is 0. The van der Waals surface area contributed by atoms with Gasteiger partial charge in [0.1, 0.15) is 0 Å². The van der Waals surface area contributed by atoms with Crippen molar-refractivity contribution in [1.29, 1.82) is 5.26 Å². The van der Waals surface area contributed by atoms with Crippen LogP contribution in [0.15, 0.2) is 24.4 Å². The zero-order chi connectivity index (χ0) is 21.7. The van der Waals surface area contributed by atoms with Crippen molar-refractivity contribution < 1.29 is 18.0 Å². The number of piperidine rings is 1. The summed E-state index contributed by atoms with van der Waals surface area (Å²) in [6.45, 7) is 1.14. The molecule has 0 spiro atoms. The molecule has 2 heterocycles. The van der Waals surface area contributed by atoms with E-state index in [9.17, 15) is 18.0 Å². The average Bonchev–Trinajstić information content (AvgIpc) is 3.14. The van der Waals surface area contributed by atoms with Crippen molar-refractivity contribution >= 4 is 22.4 Å². The van der Waals surface area contributed by atoms with Crippen molar-refractivity contribution in [1.82, 2.24) is 9.88 Å². The van der Waals surface area contributed by atoms with Gasteiger partial charge in [-0.15, -0.1) is 17.8 Å². The van der Waals surface area contributed by atoms with E-state index in [0.29, 0.717) is 23.0 Å². The minimum Gasteiger partial charge on any atom is -0.301 e. The quantitative estimate of drug-likeness (QED) is 0.724. The van der Waals surface area contributed by atoms with Gasteiger partial charge in [-0.05, 0) is 37.1 Å². The number of nitrogens with zero attached hydrogens (tertiary/aromatic N) is 3. The van der Waals surface area contributed by atoms with Crippen LogP contribution in [0.5, 0.6) is 0 Å². The number of carbonyl (C=O) groups excluding carboxylic acids is 1. The predicted octanol–water partition coefficient (Wildman–Crippen LogP) is 4.05. The van der Waals surface area contributed by atoms with Crippen LogP contribution in [0.2, 0.25) is 0 Å². The summed E-state index contributed by atoms with van der Waals surface area (Å²) in [6.07, 6.45) is 4.89. The number of likely N-dealkylation sites (tertiary alicyclic amines) is 1. The second-order valence-corrected chi connectivity index (χ2v) is 8.08. The van der Waals surface area contributed by atoms with Gasteiger partial charge in [0.2, 0.25) is 5.91 Å². The van der Waals surface area contributed by atoms with Gasteiger partial charge >= 0.3 is 6.18 Å². The van der Waals surface area contributed by atoms with Crippen molar-refractivity contribution in [3.05, 3.63) is 46.0 Å². The number of carbonyl (C=O) groups is 1. The maximum absolute atomic E-state index is 13.4. The van der Waals surface area contributed by atoms with Gasteiger partial charge in [0.05, 0.1) is 29.8 Å². The highest BCUT2D eigenvalue weighted by Gasteiger charge is 2.34. The Kier molecular flexibility index (Phi) is 6.76. The Morgan fingerprint density at radius 1 is 1.40 bits per heavy atom. The Morgan fingerprint density at radius 3 is 2.90 bits per heavy atom. The number of benzene rings is 1. The third-order valence-corrected chi connectivity index (χ3v) is 5.82. The number of rotatable bonds is 5. The number of terminal acetylenes is 1. The van der Waals surface area contributed by atoms with E-state index in [0.717, 1.165) is 36.8 Å². The van der Waals surface area contributed by atoms with Gasteiger partial charge in [-0.3, -0.25) is 9.69 Å². The molecule has 1 fully saturated rings. The molecule has 0 aliphatic carbocycles. The molecule has 1 aromatic heterocycles. The molecule has 1 aromatic carbocycles. The molecule has 2 aromatic rings. The minimum atomic E-state index is -4.56. The lowest BCUT2D eigenvalue weighted by Gasteiger charge is -2.32. The Hall–Kier alpha value is -2.88. The molecular weight excluding hydrogens is 413 g/mol. The number of amides is 1. The molecule has 1 N–H and O–H groups in total. The van der Waals surface area contributed by atoms with E-state index < -0.39 is 11.7 Å². The average molecular weight is 432 g/mol. The number of alkyl halides is 3. The fraction of sp³-hybridized carbons (Fsp3) is 0.381. The van der Waals surface area contributed by atoms with Crippen LogP contribution >= 0.6 is 11.3 Å². The molecule has 9 heteroatoms. The van der Waals surface area contributed by atoms with E-state index in [1.54, 1.807) is 6.07 Å². The van der Waals surface area contributed by atoms with Crippen molar-refractivity contribution in [2.75, 3.05) is 18.4 Å². The predicted molar refractivity (Wildman–Crippen MR) is 108 cm³/mol. The first kappa shape index (κ1) is 21.8. The molecule has 1 aliphatic heterocycles.